The van der Waals surface area contributed by atoms with E-state index in [1.54, 1.807) is 0 Å². The minimum absolute atomic E-state index is 0.0489. The van der Waals surface area contributed by atoms with Gasteiger partial charge in [-0.3, -0.25) is 10.1 Å². The van der Waals surface area contributed by atoms with Gasteiger partial charge >= 0.3 is 5.97 Å². The van der Waals surface area contributed by atoms with Crippen molar-refractivity contribution in [2.45, 2.75) is 45.1 Å². The number of carboxylic acid groups (broad SMARTS) is 1. The fourth-order valence-corrected chi connectivity index (χ4v) is 1.80. The number of carbonyl (C=O) groups is 1. The summed E-state index contributed by atoms with van der Waals surface area (Å²) in [6, 6.07) is 5.43. The SMILES string of the molecule is CCCCCCC(Oc1ccc([N+](=O)[O-])cc1)C(=O)O. The van der Waals surface area contributed by atoms with Crippen LogP contribution >= 0.6 is 0 Å². The third kappa shape index (κ3) is 5.26. The zero-order chi connectivity index (χ0) is 15.0. The predicted octanol–water partition coefficient (Wildman–Crippen LogP) is 3.40. The van der Waals surface area contributed by atoms with Gasteiger partial charge < -0.3 is 9.84 Å². The average Bonchev–Trinajstić information content (AvgIpc) is 2.42. The molecule has 0 saturated heterocycles. The second-order valence-corrected chi connectivity index (χ2v) is 4.55. The van der Waals surface area contributed by atoms with Gasteiger partial charge in [0.2, 0.25) is 0 Å². The van der Waals surface area contributed by atoms with Gasteiger partial charge in [0, 0.05) is 12.1 Å². The molecular weight excluding hydrogens is 262 g/mol. The molecule has 6 heteroatoms. The van der Waals surface area contributed by atoms with Gasteiger partial charge in [-0.2, -0.15) is 0 Å². The van der Waals surface area contributed by atoms with Crippen molar-refractivity contribution >= 4 is 11.7 Å². The number of unbranched alkanes of at least 4 members (excludes halogenated alkanes) is 3. The minimum Gasteiger partial charge on any atom is -0.479 e. The number of ether oxygens (including phenoxy) is 1. The summed E-state index contributed by atoms with van der Waals surface area (Å²) in [4.78, 5) is 21.1. The zero-order valence-corrected chi connectivity index (χ0v) is 11.4. The fraction of sp³-hybridized carbons (Fsp3) is 0.500. The second-order valence-electron chi connectivity index (χ2n) is 4.55. The summed E-state index contributed by atoms with van der Waals surface area (Å²) < 4.78 is 5.37. The molecule has 1 rings (SSSR count). The Bertz CT molecular complexity index is 443. The summed E-state index contributed by atoms with van der Waals surface area (Å²) in [5, 5.41) is 19.6. The largest absolute Gasteiger partial charge is 0.479 e. The molecule has 0 amide bonds. The van der Waals surface area contributed by atoms with Crippen molar-refractivity contribution in [3.8, 4) is 5.75 Å². The molecule has 110 valence electrons. The summed E-state index contributed by atoms with van der Waals surface area (Å²) in [5.41, 5.74) is -0.0489. The quantitative estimate of drug-likeness (QED) is 0.425. The van der Waals surface area contributed by atoms with Crippen LogP contribution in [0.5, 0.6) is 5.75 Å². The normalized spacial score (nSPS) is 11.8. The molecule has 0 radical (unpaired) electrons. The Balaban J connectivity index is 2.56. The van der Waals surface area contributed by atoms with Gasteiger partial charge in [-0.25, -0.2) is 4.79 Å². The van der Waals surface area contributed by atoms with Gasteiger partial charge in [0.05, 0.1) is 4.92 Å². The third-order valence-electron chi connectivity index (χ3n) is 2.92. The Morgan fingerprint density at radius 3 is 2.45 bits per heavy atom. The molecule has 0 aromatic heterocycles. The Kier molecular flexibility index (Phi) is 6.49. The van der Waals surface area contributed by atoms with Crippen LogP contribution in [0, 0.1) is 10.1 Å². The number of rotatable bonds is 9. The third-order valence-corrected chi connectivity index (χ3v) is 2.92. The molecule has 0 aliphatic rings. The molecule has 0 spiro atoms. The lowest BCUT2D eigenvalue weighted by Gasteiger charge is -2.14. The summed E-state index contributed by atoms with van der Waals surface area (Å²) in [5.74, 6) is -0.682. The highest BCUT2D eigenvalue weighted by Gasteiger charge is 2.19. The molecule has 6 nitrogen and oxygen atoms in total. The summed E-state index contributed by atoms with van der Waals surface area (Å²) in [6.45, 7) is 2.09. The predicted molar refractivity (Wildman–Crippen MR) is 73.9 cm³/mol. The molecule has 20 heavy (non-hydrogen) atoms. The van der Waals surface area contributed by atoms with Gasteiger partial charge in [0.15, 0.2) is 6.10 Å². The van der Waals surface area contributed by atoms with E-state index in [0.717, 1.165) is 25.7 Å². The number of carboxylic acids is 1. The molecule has 1 aromatic rings. The van der Waals surface area contributed by atoms with Crippen molar-refractivity contribution in [1.82, 2.24) is 0 Å². The molecule has 0 bridgehead atoms. The lowest BCUT2D eigenvalue weighted by atomic mass is 10.1. The Morgan fingerprint density at radius 2 is 1.95 bits per heavy atom. The summed E-state index contributed by atoms with van der Waals surface area (Å²) >= 11 is 0. The van der Waals surface area contributed by atoms with Crippen LogP contribution in [0.25, 0.3) is 0 Å². The van der Waals surface area contributed by atoms with Crippen LogP contribution in [0.1, 0.15) is 39.0 Å². The molecule has 1 N–H and O–H groups in total. The second kappa shape index (κ2) is 8.14. The van der Waals surface area contributed by atoms with Gasteiger partial charge in [-0.1, -0.05) is 26.2 Å². The first-order chi connectivity index (χ1) is 9.54. The maximum atomic E-state index is 11.1. The van der Waals surface area contributed by atoms with Crippen molar-refractivity contribution in [3.63, 3.8) is 0 Å². The maximum absolute atomic E-state index is 11.1. The van der Waals surface area contributed by atoms with Crippen LogP contribution in [-0.4, -0.2) is 22.1 Å². The first-order valence-corrected chi connectivity index (χ1v) is 6.68. The standard InChI is InChI=1S/C14H19NO5/c1-2-3-4-5-6-13(14(16)17)20-12-9-7-11(8-10-12)15(18)19/h7-10,13H,2-6H2,1H3,(H,16,17). The van der Waals surface area contributed by atoms with Crippen molar-refractivity contribution in [3.05, 3.63) is 34.4 Å². The van der Waals surface area contributed by atoms with E-state index in [0.29, 0.717) is 12.2 Å². The van der Waals surface area contributed by atoms with Crippen LogP contribution in [-0.2, 0) is 4.79 Å². The first-order valence-electron chi connectivity index (χ1n) is 6.68. The van der Waals surface area contributed by atoms with Crippen LogP contribution < -0.4 is 4.74 Å². The molecule has 0 aliphatic heterocycles. The number of nitrogens with zero attached hydrogens (tertiary/aromatic N) is 1. The van der Waals surface area contributed by atoms with E-state index in [1.165, 1.54) is 24.3 Å². The molecule has 1 aromatic carbocycles. The van der Waals surface area contributed by atoms with Crippen LogP contribution in [0.15, 0.2) is 24.3 Å². The Morgan fingerprint density at radius 1 is 1.30 bits per heavy atom. The van der Waals surface area contributed by atoms with Crippen molar-refractivity contribution in [2.75, 3.05) is 0 Å². The average molecular weight is 281 g/mol. The minimum atomic E-state index is -1.01. The maximum Gasteiger partial charge on any atom is 0.344 e. The number of hydrogen-bond acceptors (Lipinski definition) is 4. The van der Waals surface area contributed by atoms with Crippen molar-refractivity contribution in [1.29, 1.82) is 0 Å². The highest BCUT2D eigenvalue weighted by molar-refractivity contribution is 5.72. The van der Waals surface area contributed by atoms with Crippen LogP contribution in [0.2, 0.25) is 0 Å². The number of aliphatic carboxylic acids is 1. The summed E-state index contributed by atoms with van der Waals surface area (Å²) in [6.07, 6.45) is 3.45. The Labute approximate surface area is 117 Å². The van der Waals surface area contributed by atoms with Crippen LogP contribution in [0.4, 0.5) is 5.69 Å². The number of non-ortho nitro benzene ring substituents is 1. The van der Waals surface area contributed by atoms with E-state index in [9.17, 15) is 14.9 Å². The van der Waals surface area contributed by atoms with E-state index in [-0.39, 0.29) is 5.69 Å². The topological polar surface area (TPSA) is 89.7 Å². The molecule has 0 aliphatic carbocycles. The number of nitro groups is 1. The van der Waals surface area contributed by atoms with Gasteiger partial charge in [0.25, 0.3) is 5.69 Å². The van der Waals surface area contributed by atoms with Crippen molar-refractivity contribution < 1.29 is 19.6 Å². The molecule has 0 saturated carbocycles. The monoisotopic (exact) mass is 281 g/mol. The molecule has 0 heterocycles. The first kappa shape index (κ1) is 15.9. The lowest BCUT2D eigenvalue weighted by molar-refractivity contribution is -0.384. The van der Waals surface area contributed by atoms with Gasteiger partial charge in [-0.05, 0) is 25.0 Å². The fourth-order valence-electron chi connectivity index (χ4n) is 1.80. The summed E-state index contributed by atoms with van der Waals surface area (Å²) in [7, 11) is 0. The van der Waals surface area contributed by atoms with E-state index >= 15 is 0 Å². The highest BCUT2D eigenvalue weighted by Crippen LogP contribution is 2.20. The molecular formula is C14H19NO5. The highest BCUT2D eigenvalue weighted by atomic mass is 16.6. The van der Waals surface area contributed by atoms with E-state index in [1.807, 2.05) is 0 Å². The molecule has 1 unspecified atom stereocenters. The van der Waals surface area contributed by atoms with Gasteiger partial charge in [-0.15, -0.1) is 0 Å². The van der Waals surface area contributed by atoms with Crippen molar-refractivity contribution in [2.24, 2.45) is 0 Å². The van der Waals surface area contributed by atoms with Gasteiger partial charge in [0.1, 0.15) is 5.75 Å². The molecule has 1 atom stereocenters. The number of hydrogen-bond donors (Lipinski definition) is 1. The number of nitro benzene ring substituents is 1. The van der Waals surface area contributed by atoms with Crippen LogP contribution in [0.3, 0.4) is 0 Å². The molecule has 0 fully saturated rings. The smallest absolute Gasteiger partial charge is 0.344 e. The van der Waals surface area contributed by atoms with E-state index in [4.69, 9.17) is 9.84 Å². The van der Waals surface area contributed by atoms with E-state index < -0.39 is 17.0 Å². The Hall–Kier alpha value is -2.11. The zero-order valence-electron chi connectivity index (χ0n) is 11.4. The van der Waals surface area contributed by atoms with E-state index in [2.05, 4.69) is 6.92 Å². The lowest BCUT2D eigenvalue weighted by Crippen LogP contribution is -2.26. The number of benzene rings is 1.